The average molecular weight is 1010 g/mol. The fourth-order valence-corrected chi connectivity index (χ4v) is 9.49. The van der Waals surface area contributed by atoms with Crippen LogP contribution in [-0.2, 0) is 23.8 Å². The number of nitrogens with one attached hydrogen (secondary N) is 1. The molecule has 0 aromatic carbocycles. The molecule has 6 N–H and O–H groups in total. The van der Waals surface area contributed by atoms with Crippen molar-refractivity contribution in [2.24, 2.45) is 0 Å². The summed E-state index contributed by atoms with van der Waals surface area (Å²) in [5, 5.41) is 54.2. The normalized spacial score (nSPS) is 19.2. The van der Waals surface area contributed by atoms with Gasteiger partial charge in [-0.1, -0.05) is 237 Å². The summed E-state index contributed by atoms with van der Waals surface area (Å²) in [4.78, 5) is 25.1. The van der Waals surface area contributed by atoms with Crippen LogP contribution in [0.2, 0.25) is 0 Å². The first-order chi connectivity index (χ1) is 34.7. The summed E-state index contributed by atoms with van der Waals surface area (Å²) in [5.41, 5.74) is 0. The van der Waals surface area contributed by atoms with E-state index < -0.39 is 49.5 Å². The molecule has 71 heavy (non-hydrogen) atoms. The Balaban J connectivity index is 2.01. The number of allylic oxidation sites excluding steroid dienone is 3. The molecule has 0 aliphatic carbocycles. The van der Waals surface area contributed by atoms with E-state index in [-0.39, 0.29) is 18.5 Å². The van der Waals surface area contributed by atoms with Crippen molar-refractivity contribution in [1.82, 2.24) is 5.32 Å². The zero-order chi connectivity index (χ0) is 51.7. The van der Waals surface area contributed by atoms with Crippen LogP contribution in [0.1, 0.15) is 284 Å². The maximum absolute atomic E-state index is 13.0. The third-order valence-electron chi connectivity index (χ3n) is 14.3. The molecule has 0 spiro atoms. The predicted molar refractivity (Wildman–Crippen MR) is 292 cm³/mol. The maximum atomic E-state index is 13.0. The summed E-state index contributed by atoms with van der Waals surface area (Å²) in [6.45, 7) is 4.30. The molecule has 0 aromatic heterocycles. The second-order valence-corrected chi connectivity index (χ2v) is 21.1. The highest BCUT2D eigenvalue weighted by atomic mass is 16.7. The summed E-state index contributed by atoms with van der Waals surface area (Å²) >= 11 is 0. The maximum Gasteiger partial charge on any atom is 0.305 e. The molecule has 1 aliphatic heterocycles. The van der Waals surface area contributed by atoms with Crippen molar-refractivity contribution in [3.05, 3.63) is 24.3 Å². The lowest BCUT2D eigenvalue weighted by molar-refractivity contribution is -0.302. The first-order valence-electron chi connectivity index (χ1n) is 30.1. The Morgan fingerprint density at radius 2 is 0.901 bits per heavy atom. The summed E-state index contributed by atoms with van der Waals surface area (Å²) in [6, 6.07) is -0.810. The SMILES string of the molecule is CCCCCCCC/C=C\CCCCCCCC(=O)OCCCCCCCCCCCCCCCCCCCCCC(=O)NC(COC1OC(CO)C(O)C(O)C1O)C(O)/C=C/CCCCCCCCC. The molecule has 11 heteroatoms. The quantitative estimate of drug-likeness (QED) is 0.0195. The molecule has 0 saturated carbocycles. The minimum Gasteiger partial charge on any atom is -0.466 e. The van der Waals surface area contributed by atoms with E-state index in [2.05, 4.69) is 31.3 Å². The van der Waals surface area contributed by atoms with Crippen LogP contribution in [0.15, 0.2) is 24.3 Å². The topological polar surface area (TPSA) is 175 Å². The molecule has 1 saturated heterocycles. The van der Waals surface area contributed by atoms with E-state index in [1.807, 2.05) is 6.08 Å². The van der Waals surface area contributed by atoms with Gasteiger partial charge in [0.1, 0.15) is 24.4 Å². The van der Waals surface area contributed by atoms with Crippen molar-refractivity contribution in [2.75, 3.05) is 19.8 Å². The average Bonchev–Trinajstić information content (AvgIpc) is 3.37. The van der Waals surface area contributed by atoms with Crippen molar-refractivity contribution in [1.29, 1.82) is 0 Å². The van der Waals surface area contributed by atoms with Gasteiger partial charge in [-0.15, -0.1) is 0 Å². The highest BCUT2D eigenvalue weighted by molar-refractivity contribution is 5.76. The lowest BCUT2D eigenvalue weighted by Gasteiger charge is -2.40. The van der Waals surface area contributed by atoms with Gasteiger partial charge < -0.3 is 45.1 Å². The summed E-state index contributed by atoms with van der Waals surface area (Å²) in [5.74, 6) is -0.200. The largest absolute Gasteiger partial charge is 0.466 e. The third-order valence-corrected chi connectivity index (χ3v) is 14.3. The Morgan fingerprint density at radius 3 is 1.35 bits per heavy atom. The van der Waals surface area contributed by atoms with Crippen LogP contribution in [0.25, 0.3) is 0 Å². The minimum atomic E-state index is -1.57. The number of unbranched alkanes of at least 4 members (excludes halogenated alkanes) is 36. The van der Waals surface area contributed by atoms with E-state index >= 15 is 0 Å². The standard InChI is InChI=1S/C60H113NO10/c1-3-5-7-9-11-13-14-15-21-25-28-32-36-40-44-48-56(65)69-49-45-41-37-33-29-26-23-20-18-16-17-19-22-24-27-31-35-39-43-47-55(64)61-52(53(63)46-42-38-34-30-12-10-8-6-4-2)51-70-60-59(68)58(67)57(66)54(50-62)71-60/h15,21,42,46,52-54,57-60,62-63,66-68H,3-14,16-20,22-41,43-45,47-51H2,1-2H3,(H,61,64)/b21-15-,46-42+. The molecule has 11 nitrogen and oxygen atoms in total. The Bertz CT molecular complexity index is 1230. The molecule has 7 unspecified atom stereocenters. The first-order valence-corrected chi connectivity index (χ1v) is 30.1. The van der Waals surface area contributed by atoms with E-state index in [4.69, 9.17) is 14.2 Å². The number of aliphatic hydroxyl groups is 5. The van der Waals surface area contributed by atoms with Crippen LogP contribution in [0, 0.1) is 0 Å². The van der Waals surface area contributed by atoms with Gasteiger partial charge in [0.15, 0.2) is 6.29 Å². The Kier molecular flexibility index (Phi) is 47.6. The van der Waals surface area contributed by atoms with Crippen LogP contribution in [0.4, 0.5) is 0 Å². The van der Waals surface area contributed by atoms with Crippen molar-refractivity contribution in [3.63, 3.8) is 0 Å². The highest BCUT2D eigenvalue weighted by Gasteiger charge is 2.44. The van der Waals surface area contributed by atoms with E-state index in [9.17, 15) is 35.1 Å². The van der Waals surface area contributed by atoms with Crippen LogP contribution in [0.5, 0.6) is 0 Å². The molecular weight excluding hydrogens is 895 g/mol. The van der Waals surface area contributed by atoms with E-state index in [0.717, 1.165) is 64.2 Å². The van der Waals surface area contributed by atoms with E-state index in [1.54, 1.807) is 6.08 Å². The molecule has 0 bridgehead atoms. The van der Waals surface area contributed by atoms with Gasteiger partial charge >= 0.3 is 5.97 Å². The molecule has 1 rings (SSSR count). The van der Waals surface area contributed by atoms with Gasteiger partial charge in [-0.2, -0.15) is 0 Å². The van der Waals surface area contributed by atoms with Gasteiger partial charge in [0.25, 0.3) is 0 Å². The van der Waals surface area contributed by atoms with Crippen LogP contribution >= 0.6 is 0 Å². The summed E-state index contributed by atoms with van der Waals surface area (Å²) < 4.78 is 16.7. The zero-order valence-corrected chi connectivity index (χ0v) is 45.9. The number of rotatable bonds is 52. The monoisotopic (exact) mass is 1010 g/mol. The number of esters is 1. The predicted octanol–water partition coefficient (Wildman–Crippen LogP) is 13.7. The van der Waals surface area contributed by atoms with E-state index in [1.165, 1.54) is 193 Å². The van der Waals surface area contributed by atoms with Crippen molar-refractivity contribution in [3.8, 4) is 0 Å². The fourth-order valence-electron chi connectivity index (χ4n) is 9.49. The molecule has 1 heterocycles. The molecule has 418 valence electrons. The van der Waals surface area contributed by atoms with Crippen LogP contribution in [0.3, 0.4) is 0 Å². The Morgan fingerprint density at radius 1 is 0.507 bits per heavy atom. The molecule has 1 amide bonds. The first kappa shape index (κ1) is 67.2. The molecule has 1 fully saturated rings. The second kappa shape index (κ2) is 50.3. The Labute approximate surface area is 435 Å². The van der Waals surface area contributed by atoms with Gasteiger partial charge in [0.2, 0.25) is 5.91 Å². The highest BCUT2D eigenvalue weighted by Crippen LogP contribution is 2.23. The molecular formula is C60H113NO10. The third kappa shape index (κ3) is 40.2. The fraction of sp³-hybridized carbons (Fsp3) is 0.900. The zero-order valence-electron chi connectivity index (χ0n) is 45.9. The van der Waals surface area contributed by atoms with Crippen molar-refractivity contribution in [2.45, 2.75) is 326 Å². The van der Waals surface area contributed by atoms with E-state index in [0.29, 0.717) is 19.4 Å². The number of ether oxygens (including phenoxy) is 3. The number of aliphatic hydroxyl groups excluding tert-OH is 5. The van der Waals surface area contributed by atoms with Crippen LogP contribution < -0.4 is 5.32 Å². The summed E-state index contributed by atoms with van der Waals surface area (Å²) in [6.07, 6.45) is 49.9. The minimum absolute atomic E-state index is 0.0137. The second-order valence-electron chi connectivity index (χ2n) is 21.1. The number of hydrogen-bond donors (Lipinski definition) is 6. The van der Waals surface area contributed by atoms with Gasteiger partial charge in [-0.3, -0.25) is 9.59 Å². The van der Waals surface area contributed by atoms with Gasteiger partial charge in [0.05, 0.1) is 32.0 Å². The molecule has 0 aromatic rings. The van der Waals surface area contributed by atoms with Gasteiger partial charge in [-0.05, 0) is 57.8 Å². The van der Waals surface area contributed by atoms with Gasteiger partial charge in [-0.25, -0.2) is 0 Å². The lowest BCUT2D eigenvalue weighted by Crippen LogP contribution is -2.60. The number of carbonyl (C=O) groups is 2. The smallest absolute Gasteiger partial charge is 0.305 e. The molecule has 0 radical (unpaired) electrons. The molecule has 1 aliphatic rings. The van der Waals surface area contributed by atoms with Gasteiger partial charge in [0, 0.05) is 12.8 Å². The van der Waals surface area contributed by atoms with Crippen molar-refractivity contribution < 1.29 is 49.3 Å². The number of carbonyl (C=O) groups excluding carboxylic acids is 2. The Hall–Kier alpha value is -1.86. The lowest BCUT2D eigenvalue weighted by atomic mass is 9.99. The number of hydrogen-bond acceptors (Lipinski definition) is 10. The summed E-state index contributed by atoms with van der Waals surface area (Å²) in [7, 11) is 0. The van der Waals surface area contributed by atoms with Crippen LogP contribution in [-0.4, -0.2) is 100 Å². The molecule has 7 atom stereocenters. The number of amides is 1. The van der Waals surface area contributed by atoms with Crippen molar-refractivity contribution >= 4 is 11.9 Å².